The van der Waals surface area contributed by atoms with E-state index in [4.69, 9.17) is 15.7 Å². The molecule has 2 heterocycles. The molecule has 2 aromatic heterocycles. The van der Waals surface area contributed by atoms with Crippen LogP contribution in [0.4, 0.5) is 5.82 Å². The van der Waals surface area contributed by atoms with Gasteiger partial charge in [0.25, 0.3) is 0 Å². The van der Waals surface area contributed by atoms with E-state index < -0.39 is 18.2 Å². The van der Waals surface area contributed by atoms with Gasteiger partial charge in [-0.25, -0.2) is 14.6 Å². The number of rotatable bonds is 8. The molecule has 0 aliphatic heterocycles. The van der Waals surface area contributed by atoms with Crippen LogP contribution in [0.25, 0.3) is 11.2 Å². The lowest BCUT2D eigenvalue weighted by molar-refractivity contribution is 0.00624. The number of nitrogens with zero attached hydrogens (tertiary/aromatic N) is 6. The summed E-state index contributed by atoms with van der Waals surface area (Å²) in [4.78, 5) is 11.8. The summed E-state index contributed by atoms with van der Waals surface area (Å²) in [6, 6.07) is 10.5. The molecule has 33 heavy (non-hydrogen) atoms. The minimum atomic E-state index is -0.961. The maximum atomic E-state index is 10.7. The second kappa shape index (κ2) is 9.17. The summed E-state index contributed by atoms with van der Waals surface area (Å²) < 4.78 is 1.66. The van der Waals surface area contributed by atoms with E-state index in [-0.39, 0.29) is 5.92 Å². The van der Waals surface area contributed by atoms with Crippen molar-refractivity contribution in [1.29, 1.82) is 0 Å². The molecule has 0 saturated heterocycles. The quantitative estimate of drug-likeness (QED) is 0.335. The van der Waals surface area contributed by atoms with Crippen LogP contribution in [-0.2, 0) is 0 Å². The van der Waals surface area contributed by atoms with Crippen LogP contribution in [0.1, 0.15) is 43.7 Å². The zero-order valence-corrected chi connectivity index (χ0v) is 19.8. The van der Waals surface area contributed by atoms with Gasteiger partial charge in [0, 0.05) is 30.7 Å². The van der Waals surface area contributed by atoms with Crippen molar-refractivity contribution in [2.24, 2.45) is 11.7 Å². The third-order valence-electron chi connectivity index (χ3n) is 6.92. The van der Waals surface area contributed by atoms with Crippen LogP contribution in [0.15, 0.2) is 35.5 Å². The molecule has 2 unspecified atom stereocenters. The van der Waals surface area contributed by atoms with E-state index in [2.05, 4.69) is 53.4 Å². The number of aromatic nitrogens is 5. The smallest absolute Gasteiger partial charge is 0.191 e. The van der Waals surface area contributed by atoms with E-state index in [9.17, 15) is 10.2 Å². The van der Waals surface area contributed by atoms with Crippen molar-refractivity contribution in [2.75, 3.05) is 24.2 Å². The summed E-state index contributed by atoms with van der Waals surface area (Å²) in [6.45, 7) is 2.44. The SMILES string of the molecule is CCCSc1nc(N(C)C2CC2c2ccccc2)c2nnn([C@H]3C[C@@H](CN)[C@H](O)[C@@H]3O)c2n1. The lowest BCUT2D eigenvalue weighted by Gasteiger charge is -2.20. The van der Waals surface area contributed by atoms with Crippen molar-refractivity contribution in [2.45, 2.75) is 61.6 Å². The monoisotopic (exact) mass is 469 g/mol. The van der Waals surface area contributed by atoms with Gasteiger partial charge in [0.15, 0.2) is 22.1 Å². The first-order valence-electron chi connectivity index (χ1n) is 11.6. The third kappa shape index (κ3) is 4.09. The Bertz CT molecular complexity index is 1110. The Labute approximate surface area is 197 Å². The van der Waals surface area contributed by atoms with Gasteiger partial charge in [-0.1, -0.05) is 54.2 Å². The maximum Gasteiger partial charge on any atom is 0.191 e. The van der Waals surface area contributed by atoms with Gasteiger partial charge in [0.2, 0.25) is 0 Å². The van der Waals surface area contributed by atoms with Crippen molar-refractivity contribution in [3.63, 3.8) is 0 Å². The molecule has 9 nitrogen and oxygen atoms in total. The van der Waals surface area contributed by atoms with Crippen molar-refractivity contribution >= 4 is 28.7 Å². The molecule has 2 saturated carbocycles. The van der Waals surface area contributed by atoms with Crippen molar-refractivity contribution in [3.05, 3.63) is 35.9 Å². The number of nitrogens with two attached hydrogens (primary N) is 1. The third-order valence-corrected chi connectivity index (χ3v) is 7.98. The summed E-state index contributed by atoms with van der Waals surface area (Å²) in [6.07, 6.45) is 0.762. The number of fused-ring (bicyclic) bond motifs is 1. The summed E-state index contributed by atoms with van der Waals surface area (Å²) in [5.41, 5.74) is 8.35. The van der Waals surface area contributed by atoms with Gasteiger partial charge < -0.3 is 20.8 Å². The Morgan fingerprint density at radius 2 is 1.94 bits per heavy atom. The first kappa shape index (κ1) is 22.5. The average molecular weight is 470 g/mol. The fraction of sp³-hybridized carbons (Fsp3) is 0.565. The van der Waals surface area contributed by atoms with E-state index in [1.165, 1.54) is 5.56 Å². The van der Waals surface area contributed by atoms with Crippen LogP contribution < -0.4 is 10.6 Å². The van der Waals surface area contributed by atoms with Gasteiger partial charge in [-0.3, -0.25) is 0 Å². The van der Waals surface area contributed by atoms with Crippen molar-refractivity contribution in [1.82, 2.24) is 25.0 Å². The van der Waals surface area contributed by atoms with Gasteiger partial charge in [-0.15, -0.1) is 5.10 Å². The maximum absolute atomic E-state index is 10.7. The molecule has 0 radical (unpaired) electrons. The number of thioether (sulfide) groups is 1. The number of anilines is 1. The number of hydrogen-bond acceptors (Lipinski definition) is 9. The Morgan fingerprint density at radius 1 is 1.15 bits per heavy atom. The van der Waals surface area contributed by atoms with E-state index in [1.54, 1.807) is 16.4 Å². The van der Waals surface area contributed by atoms with Crippen LogP contribution in [0.3, 0.4) is 0 Å². The largest absolute Gasteiger partial charge is 0.390 e. The number of aliphatic hydroxyl groups is 2. The minimum absolute atomic E-state index is 0.180. The second-order valence-electron chi connectivity index (χ2n) is 9.10. The van der Waals surface area contributed by atoms with Gasteiger partial charge in [0.05, 0.1) is 12.1 Å². The van der Waals surface area contributed by atoms with Crippen LogP contribution in [0.2, 0.25) is 0 Å². The van der Waals surface area contributed by atoms with Crippen LogP contribution in [-0.4, -0.2) is 72.8 Å². The van der Waals surface area contributed by atoms with Gasteiger partial charge in [-0.05, 0) is 31.4 Å². The summed E-state index contributed by atoms with van der Waals surface area (Å²) in [5, 5.41) is 30.6. The molecule has 2 aliphatic rings. The van der Waals surface area contributed by atoms with Crippen LogP contribution >= 0.6 is 11.8 Å². The fourth-order valence-electron chi connectivity index (χ4n) is 4.92. The van der Waals surface area contributed by atoms with Gasteiger partial charge in [-0.2, -0.15) is 0 Å². The predicted octanol–water partition coefficient (Wildman–Crippen LogP) is 1.96. The first-order chi connectivity index (χ1) is 16.0. The van der Waals surface area contributed by atoms with Crippen LogP contribution in [0.5, 0.6) is 0 Å². The normalized spacial score (nSPS) is 29.0. The topological polar surface area (TPSA) is 126 Å². The van der Waals surface area contributed by atoms with E-state index in [0.29, 0.717) is 41.2 Å². The molecule has 0 bridgehead atoms. The molecule has 0 amide bonds. The molecule has 6 atom stereocenters. The zero-order valence-electron chi connectivity index (χ0n) is 18.9. The van der Waals surface area contributed by atoms with E-state index >= 15 is 0 Å². The van der Waals surface area contributed by atoms with Crippen LogP contribution in [0, 0.1) is 5.92 Å². The highest BCUT2D eigenvalue weighted by molar-refractivity contribution is 7.99. The predicted molar refractivity (Wildman–Crippen MR) is 128 cm³/mol. The Balaban J connectivity index is 1.51. The lowest BCUT2D eigenvalue weighted by Crippen LogP contribution is -2.32. The molecule has 176 valence electrons. The van der Waals surface area contributed by atoms with Gasteiger partial charge in [0.1, 0.15) is 6.10 Å². The Hall–Kier alpha value is -2.27. The fourth-order valence-corrected chi connectivity index (χ4v) is 5.61. The highest BCUT2D eigenvalue weighted by Crippen LogP contribution is 2.46. The summed E-state index contributed by atoms with van der Waals surface area (Å²) >= 11 is 1.61. The Kier molecular flexibility index (Phi) is 6.26. The Morgan fingerprint density at radius 3 is 2.64 bits per heavy atom. The van der Waals surface area contributed by atoms with Crippen molar-refractivity contribution < 1.29 is 10.2 Å². The minimum Gasteiger partial charge on any atom is -0.390 e. The molecular weight excluding hydrogens is 438 g/mol. The van der Waals surface area contributed by atoms with E-state index in [0.717, 1.165) is 24.4 Å². The number of likely N-dealkylation sites (N-methyl/N-ethyl adjacent to an activating group) is 1. The number of hydrogen-bond donors (Lipinski definition) is 3. The molecule has 1 aromatic carbocycles. The number of benzene rings is 1. The lowest BCUT2D eigenvalue weighted by atomic mass is 10.1. The molecule has 2 aliphatic carbocycles. The summed E-state index contributed by atoms with van der Waals surface area (Å²) in [7, 11) is 2.06. The van der Waals surface area contributed by atoms with E-state index in [1.807, 2.05) is 6.07 Å². The standard InChI is InChI=1S/C23H31N7O2S/c1-3-9-33-23-25-21(29(2)16-11-15(16)13-7-5-4-6-8-13)18-22(26-23)30(28-27-18)17-10-14(12-24)19(31)20(17)32/h4-8,14-17,19-20,31-32H,3,9-12,24H2,1-2H3/t14-,15?,16?,17-,19-,20+/m0/s1. The summed E-state index contributed by atoms with van der Waals surface area (Å²) in [5.74, 6) is 1.95. The molecule has 5 rings (SSSR count). The molecule has 0 spiro atoms. The molecule has 2 fully saturated rings. The zero-order chi connectivity index (χ0) is 23.1. The molecular formula is C23H31N7O2S. The molecule has 10 heteroatoms. The first-order valence-corrected chi connectivity index (χ1v) is 12.6. The molecule has 4 N–H and O–H groups in total. The molecule has 3 aromatic rings. The number of aliphatic hydroxyl groups excluding tert-OH is 2. The van der Waals surface area contributed by atoms with Crippen molar-refractivity contribution in [3.8, 4) is 0 Å². The average Bonchev–Trinajstić information content (AvgIpc) is 3.46. The highest BCUT2D eigenvalue weighted by Gasteiger charge is 2.45. The highest BCUT2D eigenvalue weighted by atomic mass is 32.2. The second-order valence-corrected chi connectivity index (χ2v) is 10.2. The van der Waals surface area contributed by atoms with Gasteiger partial charge >= 0.3 is 0 Å².